The smallest absolute Gasteiger partial charge is 0.385 e. The first-order valence-corrected chi connectivity index (χ1v) is 12.6. The Kier molecular flexibility index (Phi) is 7.52. The molecule has 2 aliphatic rings. The Morgan fingerprint density at radius 3 is 2.58 bits per heavy atom. The highest BCUT2D eigenvalue weighted by Crippen LogP contribution is 2.59. The lowest BCUT2D eigenvalue weighted by molar-refractivity contribution is -0.165. The Morgan fingerprint density at radius 1 is 1.18 bits per heavy atom. The van der Waals surface area contributed by atoms with E-state index < -0.39 is 23.3 Å². The molecule has 1 amide bonds. The topological polar surface area (TPSA) is 141 Å². The highest BCUT2D eigenvalue weighted by molar-refractivity contribution is 5.91. The molecule has 40 heavy (non-hydrogen) atoms. The SMILES string of the molecule is N=C/C(=C\NC1CCNC1)Nc1ncc(-c2ccc(CC(=O)Nc3cc(C4(C(F)(F)F)CC4)on3)c(F)c2)cn1. The first kappa shape index (κ1) is 27.2. The Bertz CT molecular complexity index is 1410. The largest absolute Gasteiger partial charge is 0.401 e. The zero-order chi connectivity index (χ0) is 28.3. The molecular formula is C26H26F4N8O2. The summed E-state index contributed by atoms with van der Waals surface area (Å²) in [6, 6.07) is 5.63. The summed E-state index contributed by atoms with van der Waals surface area (Å²) in [6.07, 6.45) is 1.81. The minimum atomic E-state index is -4.47. The Hall–Kier alpha value is -4.33. The van der Waals surface area contributed by atoms with Crippen molar-refractivity contribution in [3.8, 4) is 11.1 Å². The van der Waals surface area contributed by atoms with Crippen LogP contribution in [0.4, 0.5) is 29.3 Å². The van der Waals surface area contributed by atoms with Crippen LogP contribution in [0.2, 0.25) is 0 Å². The van der Waals surface area contributed by atoms with E-state index in [0.29, 0.717) is 16.8 Å². The minimum absolute atomic E-state index is 0.0869. The molecule has 0 spiro atoms. The molecule has 10 nitrogen and oxygen atoms in total. The van der Waals surface area contributed by atoms with Gasteiger partial charge in [0.05, 0.1) is 12.1 Å². The number of carbonyl (C=O) groups excluding carboxylic acids is 1. The van der Waals surface area contributed by atoms with E-state index in [-0.39, 0.29) is 48.4 Å². The molecule has 0 radical (unpaired) electrons. The molecule has 5 N–H and O–H groups in total. The Balaban J connectivity index is 1.18. The molecule has 1 aliphatic carbocycles. The number of anilines is 2. The molecule has 1 saturated heterocycles. The number of nitrogens with zero attached hydrogens (tertiary/aromatic N) is 3. The average Bonchev–Trinajstić information content (AvgIpc) is 3.35. The molecule has 1 aromatic carbocycles. The molecule has 3 aromatic rings. The lowest BCUT2D eigenvalue weighted by atomic mass is 10.0. The van der Waals surface area contributed by atoms with Gasteiger partial charge < -0.3 is 31.2 Å². The summed E-state index contributed by atoms with van der Waals surface area (Å²) in [4.78, 5) is 20.9. The molecule has 2 aromatic heterocycles. The fourth-order valence-corrected chi connectivity index (χ4v) is 4.37. The maximum Gasteiger partial charge on any atom is 0.401 e. The van der Waals surface area contributed by atoms with Gasteiger partial charge in [-0.05, 0) is 43.0 Å². The monoisotopic (exact) mass is 558 g/mol. The van der Waals surface area contributed by atoms with Crippen molar-refractivity contribution in [2.24, 2.45) is 0 Å². The standard InChI is InChI=1S/C26H26F4N8O2/c27-20-7-15(17-11-34-24(35-12-17)36-19(10-31)14-33-18-3-6-32-13-18)1-2-16(20)8-23(39)37-22-9-21(40-38-22)25(4-5-25)26(28,29)30/h1-2,7,9-12,14,18,31-33H,3-6,8,13H2,(H,34,35,36)(H,37,38,39)/b19-14+,31-10?. The summed E-state index contributed by atoms with van der Waals surface area (Å²) in [7, 11) is 0. The molecule has 1 aliphatic heterocycles. The molecule has 14 heteroatoms. The van der Waals surface area contributed by atoms with Crippen molar-refractivity contribution >= 4 is 23.9 Å². The molecule has 1 unspecified atom stereocenters. The van der Waals surface area contributed by atoms with Crippen LogP contribution >= 0.6 is 0 Å². The van der Waals surface area contributed by atoms with E-state index >= 15 is 0 Å². The van der Waals surface area contributed by atoms with Crippen LogP contribution in [0.5, 0.6) is 0 Å². The Morgan fingerprint density at radius 2 is 1.95 bits per heavy atom. The van der Waals surface area contributed by atoms with E-state index in [1.807, 2.05) is 0 Å². The van der Waals surface area contributed by atoms with Gasteiger partial charge in [-0.25, -0.2) is 14.4 Å². The molecule has 1 atom stereocenters. The second-order valence-electron chi connectivity index (χ2n) is 9.71. The maximum absolute atomic E-state index is 14.8. The van der Waals surface area contributed by atoms with Crippen LogP contribution in [0.15, 0.2) is 53.1 Å². The number of amides is 1. The number of halogens is 4. The van der Waals surface area contributed by atoms with Gasteiger partial charge in [0.15, 0.2) is 11.6 Å². The third kappa shape index (κ3) is 5.96. The zero-order valence-electron chi connectivity index (χ0n) is 21.1. The van der Waals surface area contributed by atoms with Crippen molar-refractivity contribution in [3.05, 3.63) is 65.7 Å². The second kappa shape index (κ2) is 11.0. The van der Waals surface area contributed by atoms with E-state index in [4.69, 9.17) is 9.93 Å². The number of rotatable bonds is 10. The van der Waals surface area contributed by atoms with Gasteiger partial charge in [-0.15, -0.1) is 0 Å². The number of hydrogen-bond acceptors (Lipinski definition) is 9. The van der Waals surface area contributed by atoms with E-state index in [2.05, 4.69) is 36.4 Å². The van der Waals surface area contributed by atoms with Crippen molar-refractivity contribution in [1.29, 1.82) is 5.41 Å². The van der Waals surface area contributed by atoms with Crippen molar-refractivity contribution in [1.82, 2.24) is 25.8 Å². The molecule has 5 rings (SSSR count). The molecule has 2 fully saturated rings. The van der Waals surface area contributed by atoms with Gasteiger partial charge in [-0.1, -0.05) is 17.3 Å². The van der Waals surface area contributed by atoms with Gasteiger partial charge in [-0.3, -0.25) is 4.79 Å². The third-order valence-corrected chi connectivity index (χ3v) is 6.88. The summed E-state index contributed by atoms with van der Waals surface area (Å²) in [5.74, 6) is -1.55. The van der Waals surface area contributed by atoms with Crippen molar-refractivity contribution in [3.63, 3.8) is 0 Å². The summed E-state index contributed by atoms with van der Waals surface area (Å²) >= 11 is 0. The van der Waals surface area contributed by atoms with E-state index in [9.17, 15) is 22.4 Å². The maximum atomic E-state index is 14.8. The van der Waals surface area contributed by atoms with E-state index in [1.54, 1.807) is 12.3 Å². The molecule has 1 saturated carbocycles. The predicted molar refractivity (Wildman–Crippen MR) is 138 cm³/mol. The second-order valence-corrected chi connectivity index (χ2v) is 9.71. The summed E-state index contributed by atoms with van der Waals surface area (Å²) < 4.78 is 59.4. The summed E-state index contributed by atoms with van der Waals surface area (Å²) in [6.45, 7) is 1.79. The Labute approximate surface area is 226 Å². The van der Waals surface area contributed by atoms with Crippen LogP contribution in [0.25, 0.3) is 11.1 Å². The van der Waals surface area contributed by atoms with Crippen molar-refractivity contribution in [2.45, 2.75) is 43.3 Å². The van der Waals surface area contributed by atoms with E-state index in [0.717, 1.165) is 31.8 Å². The highest BCUT2D eigenvalue weighted by atomic mass is 19.4. The number of allylic oxidation sites excluding steroid dienone is 1. The van der Waals surface area contributed by atoms with Gasteiger partial charge in [0.2, 0.25) is 11.9 Å². The molecule has 210 valence electrons. The highest BCUT2D eigenvalue weighted by Gasteiger charge is 2.66. The number of benzene rings is 1. The zero-order valence-corrected chi connectivity index (χ0v) is 21.1. The van der Waals surface area contributed by atoms with Crippen molar-refractivity contribution in [2.75, 3.05) is 23.7 Å². The first-order valence-electron chi connectivity index (χ1n) is 12.6. The third-order valence-electron chi connectivity index (χ3n) is 6.88. The predicted octanol–water partition coefficient (Wildman–Crippen LogP) is 3.90. The van der Waals surface area contributed by atoms with E-state index in [1.165, 1.54) is 24.5 Å². The van der Waals surface area contributed by atoms with Gasteiger partial charge in [0.25, 0.3) is 0 Å². The number of carbonyl (C=O) groups is 1. The fourth-order valence-electron chi connectivity index (χ4n) is 4.37. The van der Waals surface area contributed by atoms with Crippen LogP contribution in [0.1, 0.15) is 30.6 Å². The lowest BCUT2D eigenvalue weighted by Crippen LogP contribution is -2.28. The minimum Gasteiger partial charge on any atom is -0.385 e. The number of aromatic nitrogens is 3. The van der Waals surface area contributed by atoms with Crippen LogP contribution in [-0.2, 0) is 16.6 Å². The number of alkyl halides is 3. The average molecular weight is 559 g/mol. The molecule has 3 heterocycles. The normalized spacial score (nSPS) is 18.3. The van der Waals surface area contributed by atoms with Crippen LogP contribution in [0, 0.1) is 11.2 Å². The lowest BCUT2D eigenvalue weighted by Gasteiger charge is -2.14. The fraction of sp³-hybridized carbons (Fsp3) is 0.346. The number of hydrogen-bond donors (Lipinski definition) is 5. The van der Waals surface area contributed by atoms with Crippen LogP contribution in [-0.4, -0.2) is 52.6 Å². The first-order chi connectivity index (χ1) is 19.2. The molecular weight excluding hydrogens is 532 g/mol. The quantitative estimate of drug-likeness (QED) is 0.186. The molecule has 0 bridgehead atoms. The van der Waals surface area contributed by atoms with Crippen LogP contribution < -0.4 is 21.3 Å². The summed E-state index contributed by atoms with van der Waals surface area (Å²) in [5, 5.41) is 22.9. The van der Waals surface area contributed by atoms with Gasteiger partial charge >= 0.3 is 6.18 Å². The summed E-state index contributed by atoms with van der Waals surface area (Å²) in [5.41, 5.74) is -0.475. The van der Waals surface area contributed by atoms with Gasteiger partial charge in [0, 0.05) is 49.0 Å². The van der Waals surface area contributed by atoms with Crippen molar-refractivity contribution < 1.29 is 26.9 Å². The van der Waals surface area contributed by atoms with Gasteiger partial charge in [0.1, 0.15) is 11.2 Å². The number of nitrogens with one attached hydrogen (secondary N) is 5. The van der Waals surface area contributed by atoms with Gasteiger partial charge in [-0.2, -0.15) is 13.2 Å². The van der Waals surface area contributed by atoms with Crippen LogP contribution in [0.3, 0.4) is 0 Å².